The fourth-order valence-electron chi connectivity index (χ4n) is 2.08. The summed E-state index contributed by atoms with van der Waals surface area (Å²) < 4.78 is 0. The standard InChI is InChI=1S/C12H18N4O3/c17-7-11(19)15-10-5-6-13-12(16-10)14-8-1-3-9(18)4-2-8/h5-6,8-9,17-18H,1-4,7H2,(H2,13,14,15,16,19). The lowest BCUT2D eigenvalue weighted by molar-refractivity contribution is -0.118. The van der Waals surface area contributed by atoms with Crippen LogP contribution < -0.4 is 10.6 Å². The van der Waals surface area contributed by atoms with Crippen LogP contribution in [0.4, 0.5) is 11.8 Å². The van der Waals surface area contributed by atoms with Crippen LogP contribution in [0.15, 0.2) is 12.3 Å². The molecule has 2 rings (SSSR count). The lowest BCUT2D eigenvalue weighted by Crippen LogP contribution is -2.29. The summed E-state index contributed by atoms with van der Waals surface area (Å²) in [6.45, 7) is -0.576. The number of carbonyl (C=O) groups is 1. The molecule has 0 spiro atoms. The van der Waals surface area contributed by atoms with Crippen molar-refractivity contribution in [2.24, 2.45) is 0 Å². The van der Waals surface area contributed by atoms with Crippen LogP contribution in [-0.2, 0) is 4.79 Å². The Hall–Kier alpha value is -1.73. The van der Waals surface area contributed by atoms with Crippen LogP contribution in [0, 0.1) is 0 Å². The van der Waals surface area contributed by atoms with Gasteiger partial charge in [-0.15, -0.1) is 0 Å². The Kier molecular flexibility index (Phi) is 4.64. The molecule has 0 aliphatic heterocycles. The lowest BCUT2D eigenvalue weighted by Gasteiger charge is -2.26. The molecule has 4 N–H and O–H groups in total. The Labute approximate surface area is 111 Å². The van der Waals surface area contributed by atoms with Gasteiger partial charge in [0.2, 0.25) is 5.95 Å². The van der Waals surface area contributed by atoms with Crippen molar-refractivity contribution in [1.82, 2.24) is 9.97 Å². The maximum atomic E-state index is 11.0. The Morgan fingerprint density at radius 2 is 2.11 bits per heavy atom. The van der Waals surface area contributed by atoms with Gasteiger partial charge in [-0.3, -0.25) is 4.79 Å². The van der Waals surface area contributed by atoms with E-state index in [0.717, 1.165) is 25.7 Å². The van der Waals surface area contributed by atoms with Crippen molar-refractivity contribution in [1.29, 1.82) is 0 Å². The van der Waals surface area contributed by atoms with Crippen molar-refractivity contribution in [2.75, 3.05) is 17.2 Å². The zero-order valence-corrected chi connectivity index (χ0v) is 10.5. The van der Waals surface area contributed by atoms with Gasteiger partial charge in [-0.05, 0) is 31.7 Å². The van der Waals surface area contributed by atoms with Gasteiger partial charge in [0, 0.05) is 12.2 Å². The van der Waals surface area contributed by atoms with Gasteiger partial charge in [-0.25, -0.2) is 4.98 Å². The molecule has 1 aromatic rings. The fourth-order valence-corrected chi connectivity index (χ4v) is 2.08. The highest BCUT2D eigenvalue weighted by Crippen LogP contribution is 2.21. The Balaban J connectivity index is 1.93. The molecule has 19 heavy (non-hydrogen) atoms. The van der Waals surface area contributed by atoms with Crippen molar-refractivity contribution in [3.8, 4) is 0 Å². The molecule has 1 fully saturated rings. The van der Waals surface area contributed by atoms with Crippen molar-refractivity contribution < 1.29 is 15.0 Å². The largest absolute Gasteiger partial charge is 0.393 e. The smallest absolute Gasteiger partial charge is 0.251 e. The maximum Gasteiger partial charge on any atom is 0.251 e. The van der Waals surface area contributed by atoms with Gasteiger partial charge in [0.05, 0.1) is 6.10 Å². The number of hydrogen-bond acceptors (Lipinski definition) is 6. The van der Waals surface area contributed by atoms with E-state index in [9.17, 15) is 9.90 Å². The zero-order chi connectivity index (χ0) is 13.7. The predicted molar refractivity (Wildman–Crippen MR) is 69.6 cm³/mol. The number of amides is 1. The van der Waals surface area contributed by atoms with Crippen molar-refractivity contribution in [3.63, 3.8) is 0 Å². The zero-order valence-electron chi connectivity index (χ0n) is 10.5. The van der Waals surface area contributed by atoms with E-state index in [-0.39, 0.29) is 12.1 Å². The minimum absolute atomic E-state index is 0.200. The van der Waals surface area contributed by atoms with Crippen LogP contribution in [0.25, 0.3) is 0 Å². The van der Waals surface area contributed by atoms with Gasteiger partial charge in [-0.1, -0.05) is 0 Å². The fraction of sp³-hybridized carbons (Fsp3) is 0.583. The van der Waals surface area contributed by atoms with E-state index in [2.05, 4.69) is 20.6 Å². The molecule has 1 aromatic heterocycles. The molecule has 7 heteroatoms. The minimum Gasteiger partial charge on any atom is -0.393 e. The second-order valence-electron chi connectivity index (χ2n) is 4.62. The molecule has 0 atom stereocenters. The molecule has 7 nitrogen and oxygen atoms in total. The molecule has 0 bridgehead atoms. The van der Waals surface area contributed by atoms with Gasteiger partial charge in [-0.2, -0.15) is 4.98 Å². The third kappa shape index (κ3) is 4.15. The van der Waals surface area contributed by atoms with E-state index in [1.54, 1.807) is 12.3 Å². The number of aliphatic hydroxyl groups is 2. The number of anilines is 2. The summed E-state index contributed by atoms with van der Waals surface area (Å²) in [6.07, 6.45) is 4.64. The number of nitrogens with zero attached hydrogens (tertiary/aromatic N) is 2. The van der Waals surface area contributed by atoms with E-state index in [4.69, 9.17) is 5.11 Å². The first-order chi connectivity index (χ1) is 9.17. The number of aliphatic hydroxyl groups excluding tert-OH is 2. The SMILES string of the molecule is O=C(CO)Nc1ccnc(NC2CCC(O)CC2)n1. The van der Waals surface area contributed by atoms with Crippen LogP contribution in [0.2, 0.25) is 0 Å². The number of rotatable bonds is 4. The Bertz CT molecular complexity index is 433. The Morgan fingerprint density at radius 3 is 2.79 bits per heavy atom. The van der Waals surface area contributed by atoms with E-state index in [1.807, 2.05) is 0 Å². The number of nitrogens with one attached hydrogen (secondary N) is 2. The Morgan fingerprint density at radius 1 is 1.37 bits per heavy atom. The molecule has 0 radical (unpaired) electrons. The molecular formula is C12H18N4O3. The first-order valence-corrected chi connectivity index (χ1v) is 6.35. The molecule has 1 heterocycles. The van der Waals surface area contributed by atoms with Gasteiger partial charge in [0.1, 0.15) is 12.4 Å². The third-order valence-electron chi connectivity index (χ3n) is 3.10. The number of hydrogen-bond donors (Lipinski definition) is 4. The number of carbonyl (C=O) groups excluding carboxylic acids is 1. The minimum atomic E-state index is -0.576. The van der Waals surface area contributed by atoms with Gasteiger partial charge in [0.15, 0.2) is 0 Å². The molecule has 0 aromatic carbocycles. The highest BCUT2D eigenvalue weighted by atomic mass is 16.3. The molecule has 0 saturated heterocycles. The summed E-state index contributed by atoms with van der Waals surface area (Å²) in [7, 11) is 0. The van der Waals surface area contributed by atoms with Crippen molar-refractivity contribution in [2.45, 2.75) is 37.8 Å². The average Bonchev–Trinajstić information content (AvgIpc) is 2.42. The maximum absolute atomic E-state index is 11.0. The van der Waals surface area contributed by atoms with Gasteiger partial charge >= 0.3 is 0 Å². The summed E-state index contributed by atoms with van der Waals surface area (Å²) in [5, 5.41) is 23.7. The van der Waals surface area contributed by atoms with E-state index in [0.29, 0.717) is 11.8 Å². The summed E-state index contributed by atoms with van der Waals surface area (Å²) in [5.74, 6) is 0.287. The third-order valence-corrected chi connectivity index (χ3v) is 3.10. The van der Waals surface area contributed by atoms with Crippen LogP contribution in [0.5, 0.6) is 0 Å². The summed E-state index contributed by atoms with van der Waals surface area (Å²) >= 11 is 0. The van der Waals surface area contributed by atoms with Crippen molar-refractivity contribution >= 4 is 17.7 Å². The lowest BCUT2D eigenvalue weighted by atomic mass is 9.93. The highest BCUT2D eigenvalue weighted by Gasteiger charge is 2.19. The second kappa shape index (κ2) is 6.44. The van der Waals surface area contributed by atoms with Crippen LogP contribution in [0.1, 0.15) is 25.7 Å². The first kappa shape index (κ1) is 13.7. The normalized spacial score (nSPS) is 22.8. The molecule has 1 aliphatic carbocycles. The first-order valence-electron chi connectivity index (χ1n) is 6.35. The molecular weight excluding hydrogens is 248 g/mol. The summed E-state index contributed by atoms with van der Waals surface area (Å²) in [5.41, 5.74) is 0. The average molecular weight is 266 g/mol. The summed E-state index contributed by atoms with van der Waals surface area (Å²) in [4.78, 5) is 19.3. The molecule has 0 unspecified atom stereocenters. The van der Waals surface area contributed by atoms with Crippen LogP contribution in [-0.4, -0.2) is 44.8 Å². The highest BCUT2D eigenvalue weighted by molar-refractivity contribution is 5.90. The van der Waals surface area contributed by atoms with Gasteiger partial charge < -0.3 is 20.8 Å². The summed E-state index contributed by atoms with van der Waals surface area (Å²) in [6, 6.07) is 1.80. The molecule has 104 valence electrons. The molecule has 1 aliphatic rings. The monoisotopic (exact) mass is 266 g/mol. The molecule has 1 saturated carbocycles. The topological polar surface area (TPSA) is 107 Å². The van der Waals surface area contributed by atoms with E-state index in [1.165, 1.54) is 0 Å². The quantitative estimate of drug-likeness (QED) is 0.616. The van der Waals surface area contributed by atoms with Crippen molar-refractivity contribution in [3.05, 3.63) is 12.3 Å². The van der Waals surface area contributed by atoms with E-state index >= 15 is 0 Å². The van der Waals surface area contributed by atoms with Gasteiger partial charge in [0.25, 0.3) is 5.91 Å². The molecule has 1 amide bonds. The van der Waals surface area contributed by atoms with Crippen LogP contribution >= 0.6 is 0 Å². The van der Waals surface area contributed by atoms with Crippen LogP contribution in [0.3, 0.4) is 0 Å². The van der Waals surface area contributed by atoms with E-state index < -0.39 is 12.5 Å². The number of aromatic nitrogens is 2. The second-order valence-corrected chi connectivity index (χ2v) is 4.62. The predicted octanol–water partition coefficient (Wildman–Crippen LogP) is 0.123.